The molecule has 1 aromatic heterocycles. The molecule has 3 rings (SSSR count). The molecule has 3 aromatic rings. The molecule has 0 saturated carbocycles. The molecule has 1 atom stereocenters. The maximum absolute atomic E-state index is 13.2. The lowest BCUT2D eigenvalue weighted by Crippen LogP contribution is -2.23. The Balaban J connectivity index is 2.18. The molecule has 0 aliphatic heterocycles. The van der Waals surface area contributed by atoms with E-state index in [9.17, 15) is 9.59 Å². The molecular formula is C20H20ClN3O2S. The molecule has 7 heteroatoms. The van der Waals surface area contributed by atoms with E-state index in [1.807, 2.05) is 24.3 Å². The summed E-state index contributed by atoms with van der Waals surface area (Å²) in [5, 5.41) is 1.32. The van der Waals surface area contributed by atoms with Crippen LogP contribution in [0.4, 0.5) is 0 Å². The number of nitrogens with two attached hydrogens (primary N) is 1. The molecule has 2 aromatic carbocycles. The Bertz CT molecular complexity index is 1050. The Morgan fingerprint density at radius 2 is 1.96 bits per heavy atom. The number of rotatable bonds is 6. The van der Waals surface area contributed by atoms with Crippen molar-refractivity contribution in [2.24, 2.45) is 5.73 Å². The molecule has 5 nitrogen and oxygen atoms in total. The first-order valence-electron chi connectivity index (χ1n) is 8.64. The zero-order valence-corrected chi connectivity index (χ0v) is 16.7. The topological polar surface area (TPSA) is 78.0 Å². The number of carbonyl (C=O) groups excluding carboxylic acids is 1. The first kappa shape index (κ1) is 19.5. The van der Waals surface area contributed by atoms with E-state index in [0.717, 1.165) is 18.2 Å². The molecular weight excluding hydrogens is 382 g/mol. The monoisotopic (exact) mass is 401 g/mol. The molecule has 0 unspecified atom stereocenters. The van der Waals surface area contributed by atoms with Crippen LogP contribution in [-0.4, -0.2) is 21.2 Å². The first-order valence-corrected chi connectivity index (χ1v) is 10.0. The van der Waals surface area contributed by atoms with Crippen LogP contribution in [0.5, 0.6) is 0 Å². The van der Waals surface area contributed by atoms with E-state index in [-0.39, 0.29) is 11.3 Å². The normalized spacial score (nSPS) is 12.3. The summed E-state index contributed by atoms with van der Waals surface area (Å²) in [6.07, 6.45) is 1.04. The third-order valence-corrected chi connectivity index (χ3v) is 5.67. The highest BCUT2D eigenvalue weighted by molar-refractivity contribution is 7.99. The number of fused-ring (bicyclic) bond motifs is 1. The van der Waals surface area contributed by atoms with Crippen molar-refractivity contribution in [1.82, 2.24) is 9.55 Å². The molecule has 140 valence electrons. The van der Waals surface area contributed by atoms with Gasteiger partial charge in [-0.2, -0.15) is 0 Å². The van der Waals surface area contributed by atoms with Crippen LogP contribution in [0, 0.1) is 0 Å². The molecule has 2 N–H and O–H groups in total. The summed E-state index contributed by atoms with van der Waals surface area (Å²) in [7, 11) is 0. The average molecular weight is 402 g/mol. The number of primary amides is 1. The summed E-state index contributed by atoms with van der Waals surface area (Å²) in [5.74, 6) is 0.00775. The van der Waals surface area contributed by atoms with Crippen molar-refractivity contribution in [3.05, 3.63) is 63.4 Å². The second-order valence-electron chi connectivity index (χ2n) is 6.35. The van der Waals surface area contributed by atoms with Gasteiger partial charge in [0.05, 0.1) is 22.3 Å². The third kappa shape index (κ3) is 4.17. The maximum atomic E-state index is 13.2. The molecule has 0 saturated heterocycles. The Morgan fingerprint density at radius 3 is 2.59 bits per heavy atom. The van der Waals surface area contributed by atoms with Gasteiger partial charge >= 0.3 is 0 Å². The molecule has 0 fully saturated rings. The number of amides is 1. The summed E-state index contributed by atoms with van der Waals surface area (Å²) in [6.45, 7) is 4.30. The van der Waals surface area contributed by atoms with Gasteiger partial charge < -0.3 is 5.73 Å². The number of aromatic nitrogens is 2. The van der Waals surface area contributed by atoms with Crippen LogP contribution in [-0.2, 0) is 4.79 Å². The highest BCUT2D eigenvalue weighted by Crippen LogP contribution is 2.25. The largest absolute Gasteiger partial charge is 0.369 e. The fourth-order valence-electron chi connectivity index (χ4n) is 2.79. The summed E-state index contributed by atoms with van der Waals surface area (Å²) >= 11 is 7.20. The van der Waals surface area contributed by atoms with Gasteiger partial charge in [0, 0.05) is 5.02 Å². The van der Waals surface area contributed by atoms with Gasteiger partial charge in [-0.1, -0.05) is 49.3 Å². The van der Waals surface area contributed by atoms with E-state index < -0.39 is 5.91 Å². The lowest BCUT2D eigenvalue weighted by molar-refractivity contribution is -0.115. The van der Waals surface area contributed by atoms with Crippen LogP contribution >= 0.6 is 23.4 Å². The van der Waals surface area contributed by atoms with E-state index >= 15 is 0 Å². The van der Waals surface area contributed by atoms with Crippen molar-refractivity contribution in [3.8, 4) is 5.69 Å². The van der Waals surface area contributed by atoms with E-state index in [1.54, 1.807) is 18.2 Å². The van der Waals surface area contributed by atoms with Crippen LogP contribution in [0.25, 0.3) is 16.6 Å². The van der Waals surface area contributed by atoms with Gasteiger partial charge in [0.1, 0.15) is 0 Å². The Kier molecular flexibility index (Phi) is 5.87. The minimum absolute atomic E-state index is 0.0382. The summed E-state index contributed by atoms with van der Waals surface area (Å²) in [4.78, 5) is 29.0. The Hall–Kier alpha value is -2.31. The van der Waals surface area contributed by atoms with E-state index in [2.05, 4.69) is 18.8 Å². The van der Waals surface area contributed by atoms with Gasteiger partial charge in [-0.3, -0.25) is 14.2 Å². The zero-order valence-electron chi connectivity index (χ0n) is 15.1. The minimum Gasteiger partial charge on any atom is -0.369 e. The number of benzene rings is 2. The SMILES string of the molecule is CC[C@@H](C)c1ccc(-n2c(SCC(N)=O)nc3ccc(Cl)cc3c2=O)cc1. The molecule has 0 aliphatic carbocycles. The van der Waals surface area contributed by atoms with Gasteiger partial charge in [-0.25, -0.2) is 4.98 Å². The quantitative estimate of drug-likeness (QED) is 0.497. The smallest absolute Gasteiger partial charge is 0.266 e. The number of hydrogen-bond donors (Lipinski definition) is 1. The molecule has 0 bridgehead atoms. The second kappa shape index (κ2) is 8.15. The minimum atomic E-state index is -0.468. The van der Waals surface area contributed by atoms with Crippen LogP contribution < -0.4 is 11.3 Å². The number of nitrogens with zero attached hydrogens (tertiary/aromatic N) is 2. The van der Waals surface area contributed by atoms with Gasteiger partial charge in [0.25, 0.3) is 5.56 Å². The first-order chi connectivity index (χ1) is 12.9. The predicted octanol–water partition coefficient (Wildman–Crippen LogP) is 4.13. The van der Waals surface area contributed by atoms with Crippen molar-refractivity contribution in [1.29, 1.82) is 0 Å². The highest BCUT2D eigenvalue weighted by atomic mass is 35.5. The van der Waals surface area contributed by atoms with Gasteiger partial charge in [-0.15, -0.1) is 0 Å². The molecule has 0 spiro atoms. The van der Waals surface area contributed by atoms with Crippen LogP contribution in [0.15, 0.2) is 52.4 Å². The predicted molar refractivity (Wildman–Crippen MR) is 111 cm³/mol. The van der Waals surface area contributed by atoms with E-state index in [0.29, 0.717) is 32.7 Å². The lowest BCUT2D eigenvalue weighted by atomic mass is 9.98. The fraction of sp³-hybridized carbons (Fsp3) is 0.250. The van der Waals surface area contributed by atoms with Crippen molar-refractivity contribution in [2.75, 3.05) is 5.75 Å². The van der Waals surface area contributed by atoms with Crippen molar-refractivity contribution in [3.63, 3.8) is 0 Å². The number of carbonyl (C=O) groups is 1. The highest BCUT2D eigenvalue weighted by Gasteiger charge is 2.15. The molecule has 1 amide bonds. The Morgan fingerprint density at radius 1 is 1.26 bits per heavy atom. The third-order valence-electron chi connectivity index (χ3n) is 4.48. The van der Waals surface area contributed by atoms with Gasteiger partial charge in [0.15, 0.2) is 5.16 Å². The lowest BCUT2D eigenvalue weighted by Gasteiger charge is -2.14. The number of thioether (sulfide) groups is 1. The summed E-state index contributed by atoms with van der Waals surface area (Å²) in [5.41, 5.74) is 7.47. The van der Waals surface area contributed by atoms with Gasteiger partial charge in [-0.05, 0) is 48.2 Å². The van der Waals surface area contributed by atoms with Crippen LogP contribution in [0.1, 0.15) is 31.7 Å². The van der Waals surface area contributed by atoms with Crippen molar-refractivity contribution in [2.45, 2.75) is 31.3 Å². The van der Waals surface area contributed by atoms with Crippen LogP contribution in [0.2, 0.25) is 5.02 Å². The van der Waals surface area contributed by atoms with Gasteiger partial charge in [0.2, 0.25) is 5.91 Å². The standard InChI is InChI=1S/C20H20ClN3O2S/c1-3-12(2)13-4-7-15(8-5-13)24-19(26)16-10-14(21)6-9-17(16)23-20(24)27-11-18(22)25/h4-10,12H,3,11H2,1-2H3,(H2,22,25)/t12-/m1/s1. The molecule has 1 heterocycles. The molecule has 27 heavy (non-hydrogen) atoms. The molecule has 0 radical (unpaired) electrons. The summed E-state index contributed by atoms with van der Waals surface area (Å²) in [6, 6.07) is 12.8. The summed E-state index contributed by atoms with van der Waals surface area (Å²) < 4.78 is 1.51. The fourth-order valence-corrected chi connectivity index (χ4v) is 3.71. The van der Waals surface area contributed by atoms with Crippen molar-refractivity contribution < 1.29 is 4.79 Å². The van der Waals surface area contributed by atoms with Crippen LogP contribution in [0.3, 0.4) is 0 Å². The number of hydrogen-bond acceptors (Lipinski definition) is 4. The van der Waals surface area contributed by atoms with Crippen molar-refractivity contribution >= 4 is 40.2 Å². The average Bonchev–Trinajstić information content (AvgIpc) is 2.66. The maximum Gasteiger partial charge on any atom is 0.266 e. The second-order valence-corrected chi connectivity index (χ2v) is 7.73. The zero-order chi connectivity index (χ0) is 19.6. The van der Waals surface area contributed by atoms with E-state index in [1.165, 1.54) is 10.1 Å². The Labute approximate surface area is 166 Å². The number of halogens is 1. The van der Waals surface area contributed by atoms with E-state index in [4.69, 9.17) is 17.3 Å². The molecule has 0 aliphatic rings.